The zero-order valence-electron chi connectivity index (χ0n) is 15.6. The summed E-state index contributed by atoms with van der Waals surface area (Å²) in [6.45, 7) is 0.611. The summed E-state index contributed by atoms with van der Waals surface area (Å²) in [6, 6.07) is 13.6. The second-order valence-corrected chi connectivity index (χ2v) is 8.86. The first kappa shape index (κ1) is 19.4. The van der Waals surface area contributed by atoms with Gasteiger partial charge in [0.15, 0.2) is 17.3 Å². The van der Waals surface area contributed by atoms with Crippen molar-refractivity contribution >= 4 is 33.4 Å². The second-order valence-electron chi connectivity index (χ2n) is 6.75. The number of pyridine rings is 2. The highest BCUT2D eigenvalue weighted by molar-refractivity contribution is 8.25. The predicted molar refractivity (Wildman–Crippen MR) is 112 cm³/mol. The fourth-order valence-electron chi connectivity index (χ4n) is 3.31. The molecule has 3 heterocycles. The number of fused-ring (bicyclic) bond motifs is 1. The van der Waals surface area contributed by atoms with Gasteiger partial charge in [-0.2, -0.15) is 0 Å². The molecular formula is C20H21N4O4S. The summed E-state index contributed by atoms with van der Waals surface area (Å²) < 4.78 is 22.5. The smallest absolute Gasteiger partial charge is 0.274 e. The maximum absolute atomic E-state index is 12.8. The Morgan fingerprint density at radius 3 is 2.86 bits per heavy atom. The molecule has 3 aromatic rings. The van der Waals surface area contributed by atoms with Crippen molar-refractivity contribution in [3.8, 4) is 5.75 Å². The molecule has 0 spiro atoms. The van der Waals surface area contributed by atoms with Crippen LogP contribution < -0.4 is 9.62 Å². The van der Waals surface area contributed by atoms with Crippen molar-refractivity contribution in [2.75, 3.05) is 16.6 Å². The van der Waals surface area contributed by atoms with Gasteiger partial charge < -0.3 is 10.4 Å². The number of aromatic hydroxyl groups is 1. The lowest BCUT2D eigenvalue weighted by molar-refractivity contribution is 0.0943. The average Bonchev–Trinajstić information content (AvgIpc) is 2.73. The van der Waals surface area contributed by atoms with Crippen LogP contribution in [0, 0.1) is 6.07 Å². The molecule has 29 heavy (non-hydrogen) atoms. The standard InChI is InChI=1S/C20H21N4O4S/c25-18-16-15(9-6-10-21-16)19(24-11-4-5-12-29(24,27)28)23-17(18)20(26)22-13-14-7-2-1-3-8-14/h1-3,6-7,9-10,25,27-28H,4-5,11-13H2,(H,22,26). The third-order valence-electron chi connectivity index (χ3n) is 4.76. The molecule has 9 heteroatoms. The first-order chi connectivity index (χ1) is 14.0. The number of anilines is 1. The van der Waals surface area contributed by atoms with Gasteiger partial charge in [0, 0.05) is 24.7 Å². The van der Waals surface area contributed by atoms with Crippen LogP contribution >= 0.6 is 10.8 Å². The van der Waals surface area contributed by atoms with Crippen molar-refractivity contribution in [3.63, 3.8) is 0 Å². The van der Waals surface area contributed by atoms with Gasteiger partial charge in [-0.15, -0.1) is 10.8 Å². The summed E-state index contributed by atoms with van der Waals surface area (Å²) in [5.41, 5.74) is 0.766. The van der Waals surface area contributed by atoms with E-state index in [1.165, 1.54) is 10.5 Å². The van der Waals surface area contributed by atoms with E-state index in [1.54, 1.807) is 18.2 Å². The molecule has 0 saturated carbocycles. The SMILES string of the molecule is O=C(NCc1[c]cccc1)c1nc(N2CCCCS2(O)O)c2cccnc2c1O. The van der Waals surface area contributed by atoms with Gasteiger partial charge in [0.25, 0.3) is 5.91 Å². The molecule has 1 fully saturated rings. The number of hydrogen-bond donors (Lipinski definition) is 4. The van der Waals surface area contributed by atoms with Gasteiger partial charge in [-0.05, 0) is 36.6 Å². The number of nitrogens with zero attached hydrogens (tertiary/aromatic N) is 3. The van der Waals surface area contributed by atoms with Crippen LogP contribution in [0.2, 0.25) is 0 Å². The molecule has 8 nitrogen and oxygen atoms in total. The largest absolute Gasteiger partial charge is 0.504 e. The Hall–Kier alpha value is -2.88. The van der Waals surface area contributed by atoms with E-state index in [9.17, 15) is 19.0 Å². The van der Waals surface area contributed by atoms with E-state index in [4.69, 9.17) is 0 Å². The van der Waals surface area contributed by atoms with Crippen LogP contribution in [0.15, 0.2) is 42.6 Å². The Morgan fingerprint density at radius 2 is 2.10 bits per heavy atom. The van der Waals surface area contributed by atoms with Crippen molar-refractivity contribution in [1.29, 1.82) is 0 Å². The van der Waals surface area contributed by atoms with Gasteiger partial charge in [-0.1, -0.05) is 24.3 Å². The maximum Gasteiger partial charge on any atom is 0.274 e. The quantitative estimate of drug-likeness (QED) is 0.518. The van der Waals surface area contributed by atoms with E-state index < -0.39 is 16.7 Å². The minimum absolute atomic E-state index is 0.190. The molecule has 1 radical (unpaired) electrons. The van der Waals surface area contributed by atoms with Crippen molar-refractivity contribution in [2.45, 2.75) is 19.4 Å². The number of carbonyl (C=O) groups is 1. The van der Waals surface area contributed by atoms with Gasteiger partial charge in [0.2, 0.25) is 0 Å². The Kier molecular flexibility index (Phi) is 5.27. The van der Waals surface area contributed by atoms with Crippen molar-refractivity contribution in [1.82, 2.24) is 15.3 Å². The van der Waals surface area contributed by atoms with Crippen molar-refractivity contribution < 1.29 is 19.0 Å². The Bertz CT molecular complexity index is 1050. The molecule has 1 saturated heterocycles. The van der Waals surface area contributed by atoms with Crippen molar-refractivity contribution in [3.05, 3.63) is 59.9 Å². The van der Waals surface area contributed by atoms with Crippen LogP contribution in [0.5, 0.6) is 5.75 Å². The Labute approximate surface area is 169 Å². The van der Waals surface area contributed by atoms with E-state index in [2.05, 4.69) is 21.4 Å². The Balaban J connectivity index is 1.74. The van der Waals surface area contributed by atoms with Gasteiger partial charge in [-0.3, -0.25) is 23.2 Å². The number of aromatic nitrogens is 2. The molecule has 1 aliphatic rings. The Morgan fingerprint density at radius 1 is 1.24 bits per heavy atom. The average molecular weight is 413 g/mol. The van der Waals surface area contributed by atoms with E-state index in [1.807, 2.05) is 18.2 Å². The third-order valence-corrected chi connectivity index (χ3v) is 6.66. The third kappa shape index (κ3) is 3.84. The predicted octanol–water partition coefficient (Wildman–Crippen LogP) is 3.33. The van der Waals surface area contributed by atoms with Gasteiger partial charge in [0.1, 0.15) is 5.52 Å². The lowest BCUT2D eigenvalue weighted by atomic mass is 10.1. The van der Waals surface area contributed by atoms with Crippen molar-refractivity contribution in [2.24, 2.45) is 0 Å². The zero-order valence-corrected chi connectivity index (χ0v) is 16.4. The summed E-state index contributed by atoms with van der Waals surface area (Å²) in [7, 11) is -3.05. The molecule has 0 unspecified atom stereocenters. The number of hydrogen-bond acceptors (Lipinski definition) is 7. The monoisotopic (exact) mass is 413 g/mol. The normalized spacial score (nSPS) is 17.1. The molecule has 4 rings (SSSR count). The van der Waals surface area contributed by atoms with E-state index in [-0.39, 0.29) is 35.1 Å². The lowest BCUT2D eigenvalue weighted by Crippen LogP contribution is -2.35. The summed E-state index contributed by atoms with van der Waals surface area (Å²) in [5.74, 6) is -0.445. The van der Waals surface area contributed by atoms with E-state index >= 15 is 0 Å². The highest BCUT2D eigenvalue weighted by Crippen LogP contribution is 2.51. The molecule has 0 aliphatic carbocycles. The zero-order chi connectivity index (χ0) is 20.4. The van der Waals surface area contributed by atoms with Crippen LogP contribution in [0.1, 0.15) is 28.9 Å². The highest BCUT2D eigenvalue weighted by Gasteiger charge is 2.31. The molecule has 1 aromatic carbocycles. The molecular weight excluding hydrogens is 392 g/mol. The number of amides is 1. The summed E-state index contributed by atoms with van der Waals surface area (Å²) >= 11 is 0. The minimum atomic E-state index is -3.05. The van der Waals surface area contributed by atoms with Gasteiger partial charge >= 0.3 is 0 Å². The summed E-state index contributed by atoms with van der Waals surface area (Å²) in [4.78, 5) is 21.3. The van der Waals surface area contributed by atoms with Gasteiger partial charge in [0.05, 0.1) is 5.75 Å². The molecule has 0 atom stereocenters. The first-order valence-electron chi connectivity index (χ1n) is 9.22. The van der Waals surface area contributed by atoms with Crippen LogP contribution in [0.3, 0.4) is 0 Å². The first-order valence-corrected chi connectivity index (χ1v) is 10.9. The fraction of sp³-hybridized carbons (Fsp3) is 0.250. The topological polar surface area (TPSA) is 119 Å². The molecule has 1 amide bonds. The number of carbonyl (C=O) groups excluding carboxylic acids is 1. The van der Waals surface area contributed by atoms with Crippen LogP contribution in [-0.2, 0) is 6.54 Å². The number of benzene rings is 1. The van der Waals surface area contributed by atoms with Crippen LogP contribution in [0.25, 0.3) is 10.9 Å². The minimum Gasteiger partial charge on any atom is -0.504 e. The molecule has 2 aromatic heterocycles. The van der Waals surface area contributed by atoms with E-state index in [0.29, 0.717) is 18.4 Å². The summed E-state index contributed by atoms with van der Waals surface area (Å²) in [6.07, 6.45) is 2.97. The number of nitrogens with one attached hydrogen (secondary N) is 1. The number of rotatable bonds is 4. The molecule has 0 bridgehead atoms. The van der Waals surface area contributed by atoms with Crippen LogP contribution in [0.4, 0.5) is 5.82 Å². The van der Waals surface area contributed by atoms with E-state index in [0.717, 1.165) is 12.0 Å². The van der Waals surface area contributed by atoms with Gasteiger partial charge in [-0.25, -0.2) is 4.98 Å². The summed E-state index contributed by atoms with van der Waals surface area (Å²) in [5, 5.41) is 13.8. The highest BCUT2D eigenvalue weighted by atomic mass is 32.3. The molecule has 4 N–H and O–H groups in total. The maximum atomic E-state index is 12.8. The fourth-order valence-corrected chi connectivity index (χ4v) is 4.96. The lowest BCUT2D eigenvalue weighted by Gasteiger charge is -2.47. The molecule has 151 valence electrons. The molecule has 1 aliphatic heterocycles. The second kappa shape index (κ2) is 7.86. The van der Waals surface area contributed by atoms with Crippen LogP contribution in [-0.4, -0.2) is 42.4 Å².